The Bertz CT molecular complexity index is 351. The topological polar surface area (TPSA) is 12.0 Å². The summed E-state index contributed by atoms with van der Waals surface area (Å²) in [5.41, 5.74) is 2.86. The zero-order valence-electron chi connectivity index (χ0n) is 14.6. The van der Waals surface area contributed by atoms with Crippen molar-refractivity contribution in [3.8, 4) is 0 Å². The van der Waals surface area contributed by atoms with Crippen LogP contribution in [0.3, 0.4) is 0 Å². The van der Waals surface area contributed by atoms with Crippen molar-refractivity contribution in [3.63, 3.8) is 0 Å². The van der Waals surface area contributed by atoms with Crippen LogP contribution in [0.5, 0.6) is 0 Å². The minimum absolute atomic E-state index is 0.740. The number of rotatable bonds is 11. The molecule has 1 rings (SSSR count). The third-order valence-electron chi connectivity index (χ3n) is 3.88. The highest BCUT2D eigenvalue weighted by atomic mass is 14.8. The zero-order chi connectivity index (χ0) is 15.5. The van der Waals surface area contributed by atoms with E-state index >= 15 is 0 Å². The summed E-state index contributed by atoms with van der Waals surface area (Å²) in [5, 5.41) is 3.56. The molecule has 21 heavy (non-hydrogen) atoms. The minimum atomic E-state index is 0.740. The maximum Gasteiger partial charge on any atom is 0.0205 e. The predicted molar refractivity (Wildman–Crippen MR) is 94.6 cm³/mol. The molecule has 0 spiro atoms. The van der Waals surface area contributed by atoms with Gasteiger partial charge in [0.25, 0.3) is 0 Å². The van der Waals surface area contributed by atoms with Crippen molar-refractivity contribution >= 4 is 0 Å². The van der Waals surface area contributed by atoms with E-state index in [1.165, 1.54) is 49.7 Å². The molecule has 0 aliphatic heterocycles. The molecule has 1 aromatic carbocycles. The molecule has 0 atom stereocenters. The Kier molecular flexibility index (Phi) is 9.41. The van der Waals surface area contributed by atoms with Crippen LogP contribution in [0.1, 0.15) is 70.9 Å². The highest BCUT2D eigenvalue weighted by Crippen LogP contribution is 2.10. The first kappa shape index (κ1) is 18.2. The second-order valence-electron chi connectivity index (χ2n) is 7.19. The van der Waals surface area contributed by atoms with Crippen molar-refractivity contribution in [2.24, 2.45) is 11.8 Å². The summed E-state index contributed by atoms with van der Waals surface area (Å²) in [6, 6.07) is 9.10. The number of hydrogen-bond acceptors (Lipinski definition) is 1. The molecular weight excluding hydrogens is 254 g/mol. The van der Waals surface area contributed by atoms with E-state index in [4.69, 9.17) is 0 Å². The second kappa shape index (κ2) is 10.8. The van der Waals surface area contributed by atoms with Gasteiger partial charge in [-0.05, 0) is 42.3 Å². The first-order chi connectivity index (χ1) is 10.1. The van der Waals surface area contributed by atoms with Gasteiger partial charge < -0.3 is 5.32 Å². The van der Waals surface area contributed by atoms with Gasteiger partial charge in [-0.2, -0.15) is 0 Å². The van der Waals surface area contributed by atoms with Gasteiger partial charge in [0, 0.05) is 6.54 Å². The summed E-state index contributed by atoms with van der Waals surface area (Å²) < 4.78 is 0. The molecule has 1 aromatic rings. The van der Waals surface area contributed by atoms with Gasteiger partial charge >= 0.3 is 0 Å². The Labute approximate surface area is 132 Å². The lowest BCUT2D eigenvalue weighted by atomic mass is 10.0. The van der Waals surface area contributed by atoms with Crippen LogP contribution < -0.4 is 5.32 Å². The maximum atomic E-state index is 3.56. The van der Waals surface area contributed by atoms with E-state index in [9.17, 15) is 0 Å². The lowest BCUT2D eigenvalue weighted by Gasteiger charge is -2.08. The minimum Gasteiger partial charge on any atom is -0.313 e. The summed E-state index contributed by atoms with van der Waals surface area (Å²) in [6.45, 7) is 11.3. The summed E-state index contributed by atoms with van der Waals surface area (Å²) >= 11 is 0. The van der Waals surface area contributed by atoms with Crippen LogP contribution in [0.4, 0.5) is 0 Å². The summed E-state index contributed by atoms with van der Waals surface area (Å²) in [7, 11) is 0. The average Bonchev–Trinajstić information content (AvgIpc) is 2.42. The van der Waals surface area contributed by atoms with Crippen molar-refractivity contribution in [2.45, 2.75) is 72.8 Å². The smallest absolute Gasteiger partial charge is 0.0205 e. The van der Waals surface area contributed by atoms with Crippen LogP contribution in [0.15, 0.2) is 24.3 Å². The number of unbranched alkanes of at least 4 members (excludes halogenated alkanes) is 3. The van der Waals surface area contributed by atoms with E-state index < -0.39 is 0 Å². The Morgan fingerprint density at radius 1 is 0.762 bits per heavy atom. The summed E-state index contributed by atoms with van der Waals surface area (Å²) in [6.07, 6.45) is 8.04. The van der Waals surface area contributed by atoms with E-state index in [1.54, 1.807) is 0 Å². The predicted octanol–water partition coefficient (Wildman–Crippen LogP) is 5.58. The molecule has 0 aromatic heterocycles. The van der Waals surface area contributed by atoms with Crippen LogP contribution in [-0.4, -0.2) is 6.54 Å². The molecule has 120 valence electrons. The number of benzene rings is 1. The Morgan fingerprint density at radius 2 is 1.38 bits per heavy atom. The molecule has 0 saturated carbocycles. The molecule has 0 saturated heterocycles. The van der Waals surface area contributed by atoms with Gasteiger partial charge in [0.15, 0.2) is 0 Å². The van der Waals surface area contributed by atoms with Gasteiger partial charge in [-0.25, -0.2) is 0 Å². The van der Waals surface area contributed by atoms with Crippen molar-refractivity contribution in [3.05, 3.63) is 35.4 Å². The van der Waals surface area contributed by atoms with E-state index in [2.05, 4.69) is 57.3 Å². The number of hydrogen-bond donors (Lipinski definition) is 1. The van der Waals surface area contributed by atoms with Crippen LogP contribution in [0.25, 0.3) is 0 Å². The standard InChI is InChI=1S/C20H35N/c1-17(2)9-7-5-6-8-14-21-16-20-12-10-19(11-13-20)15-18(3)4/h10-13,17-18,21H,5-9,14-16H2,1-4H3. The molecule has 0 radical (unpaired) electrons. The van der Waals surface area contributed by atoms with E-state index in [1.807, 2.05) is 0 Å². The fourth-order valence-corrected chi connectivity index (χ4v) is 2.65. The SMILES string of the molecule is CC(C)CCCCCCNCc1ccc(CC(C)C)cc1. The van der Waals surface area contributed by atoms with Crippen LogP contribution in [0.2, 0.25) is 0 Å². The van der Waals surface area contributed by atoms with Crippen LogP contribution in [-0.2, 0) is 13.0 Å². The monoisotopic (exact) mass is 289 g/mol. The van der Waals surface area contributed by atoms with Crippen LogP contribution in [0, 0.1) is 11.8 Å². The van der Waals surface area contributed by atoms with Gasteiger partial charge in [0.1, 0.15) is 0 Å². The molecule has 0 unspecified atom stereocenters. The molecule has 1 heteroatoms. The molecular formula is C20H35N. The lowest BCUT2D eigenvalue weighted by Crippen LogP contribution is -2.14. The van der Waals surface area contributed by atoms with Crippen molar-refractivity contribution in [1.29, 1.82) is 0 Å². The molecule has 0 fully saturated rings. The Hall–Kier alpha value is -0.820. The van der Waals surface area contributed by atoms with E-state index in [0.29, 0.717) is 0 Å². The summed E-state index contributed by atoms with van der Waals surface area (Å²) in [4.78, 5) is 0. The van der Waals surface area contributed by atoms with Gasteiger partial charge in [-0.3, -0.25) is 0 Å². The normalized spacial score (nSPS) is 11.5. The molecule has 0 aliphatic rings. The van der Waals surface area contributed by atoms with E-state index in [-0.39, 0.29) is 0 Å². The first-order valence-corrected chi connectivity index (χ1v) is 8.86. The molecule has 1 N–H and O–H groups in total. The maximum absolute atomic E-state index is 3.56. The Morgan fingerprint density at radius 3 is 2.00 bits per heavy atom. The van der Waals surface area contributed by atoms with Gasteiger partial charge in [0.05, 0.1) is 0 Å². The van der Waals surface area contributed by atoms with Crippen molar-refractivity contribution in [2.75, 3.05) is 6.54 Å². The highest BCUT2D eigenvalue weighted by molar-refractivity contribution is 5.22. The Balaban J connectivity index is 2.05. The number of nitrogens with one attached hydrogen (secondary N) is 1. The zero-order valence-corrected chi connectivity index (χ0v) is 14.6. The van der Waals surface area contributed by atoms with Crippen molar-refractivity contribution < 1.29 is 0 Å². The molecule has 0 amide bonds. The quantitative estimate of drug-likeness (QED) is 0.524. The first-order valence-electron chi connectivity index (χ1n) is 8.86. The lowest BCUT2D eigenvalue weighted by molar-refractivity contribution is 0.512. The van der Waals surface area contributed by atoms with Gasteiger partial charge in [0.2, 0.25) is 0 Å². The summed E-state index contributed by atoms with van der Waals surface area (Å²) in [5.74, 6) is 1.60. The fourth-order valence-electron chi connectivity index (χ4n) is 2.65. The van der Waals surface area contributed by atoms with Crippen LogP contribution >= 0.6 is 0 Å². The van der Waals surface area contributed by atoms with Gasteiger partial charge in [-0.1, -0.05) is 77.6 Å². The third-order valence-corrected chi connectivity index (χ3v) is 3.88. The largest absolute Gasteiger partial charge is 0.313 e. The second-order valence-corrected chi connectivity index (χ2v) is 7.19. The average molecular weight is 290 g/mol. The molecule has 0 heterocycles. The molecule has 0 bridgehead atoms. The molecule has 0 aliphatic carbocycles. The van der Waals surface area contributed by atoms with Gasteiger partial charge in [-0.15, -0.1) is 0 Å². The fraction of sp³-hybridized carbons (Fsp3) is 0.700. The molecule has 1 nitrogen and oxygen atoms in total. The highest BCUT2D eigenvalue weighted by Gasteiger charge is 1.98. The van der Waals surface area contributed by atoms with E-state index in [0.717, 1.165) is 24.9 Å². The third kappa shape index (κ3) is 9.68. The van der Waals surface area contributed by atoms with Crippen molar-refractivity contribution in [1.82, 2.24) is 5.32 Å².